The summed E-state index contributed by atoms with van der Waals surface area (Å²) in [4.78, 5) is 34.8. The number of amides is 2. The van der Waals surface area contributed by atoms with Gasteiger partial charge >= 0.3 is 0 Å². The average Bonchev–Trinajstić information content (AvgIpc) is 3.36. The molecular formula is C23H32N4O3. The van der Waals surface area contributed by atoms with Crippen LogP contribution in [0.2, 0.25) is 0 Å². The number of benzene rings is 1. The Morgan fingerprint density at radius 2 is 1.87 bits per heavy atom. The number of nitrogens with one attached hydrogen (secondary N) is 1. The molecule has 2 amide bonds. The average molecular weight is 413 g/mol. The number of nitrogens with zero attached hydrogens (tertiary/aromatic N) is 3. The quantitative estimate of drug-likeness (QED) is 0.750. The van der Waals surface area contributed by atoms with Crippen LogP contribution in [0.25, 0.3) is 10.9 Å². The molecule has 4 rings (SSSR count). The van der Waals surface area contributed by atoms with Crippen molar-refractivity contribution in [3.05, 3.63) is 36.0 Å². The van der Waals surface area contributed by atoms with Crippen LogP contribution in [0.15, 0.2) is 30.5 Å². The number of likely N-dealkylation sites (tertiary alicyclic amines) is 2. The summed E-state index contributed by atoms with van der Waals surface area (Å²) in [6.45, 7) is 3.86. The molecule has 0 bridgehead atoms. The van der Waals surface area contributed by atoms with E-state index in [4.69, 9.17) is 4.74 Å². The molecule has 0 unspecified atom stereocenters. The van der Waals surface area contributed by atoms with Gasteiger partial charge in [-0.3, -0.25) is 9.59 Å². The standard InChI is InChI=1S/C23H32N4O3/c1-25(2)14-23-15-26(11-18(23)12-27(16-23)22(29)13-30-3)21(28)9-8-17-10-24-20-7-5-4-6-19(17)20/h4-7,10,18,24H,8-9,11-16H2,1-3H3/t18-,23+/m0/s1. The summed E-state index contributed by atoms with van der Waals surface area (Å²) in [5.74, 6) is 0.572. The Morgan fingerprint density at radius 1 is 1.17 bits per heavy atom. The third kappa shape index (κ3) is 3.96. The van der Waals surface area contributed by atoms with Crippen molar-refractivity contribution in [2.24, 2.45) is 11.3 Å². The van der Waals surface area contributed by atoms with Crippen LogP contribution in [0.1, 0.15) is 12.0 Å². The Hall–Kier alpha value is -2.38. The highest BCUT2D eigenvalue weighted by atomic mass is 16.5. The lowest BCUT2D eigenvalue weighted by Gasteiger charge is -2.32. The normalized spacial score (nSPS) is 23.5. The summed E-state index contributed by atoms with van der Waals surface area (Å²) >= 11 is 0. The van der Waals surface area contributed by atoms with Crippen molar-refractivity contribution in [1.82, 2.24) is 19.7 Å². The maximum absolute atomic E-state index is 13.1. The van der Waals surface area contributed by atoms with Gasteiger partial charge in [0.25, 0.3) is 0 Å². The minimum Gasteiger partial charge on any atom is -0.375 e. The third-order valence-electron chi connectivity index (χ3n) is 6.65. The van der Waals surface area contributed by atoms with Crippen LogP contribution in [-0.4, -0.2) is 92.0 Å². The molecule has 2 aliphatic rings. The first-order valence-corrected chi connectivity index (χ1v) is 10.7. The molecule has 2 fully saturated rings. The Bertz CT molecular complexity index is 924. The number of carbonyl (C=O) groups excluding carboxylic acids is 2. The first kappa shape index (κ1) is 20.9. The summed E-state index contributed by atoms with van der Waals surface area (Å²) in [6, 6.07) is 8.21. The summed E-state index contributed by atoms with van der Waals surface area (Å²) in [6.07, 6.45) is 3.27. The number of aryl methyl sites for hydroxylation is 1. The molecule has 30 heavy (non-hydrogen) atoms. The zero-order valence-corrected chi connectivity index (χ0v) is 18.2. The number of carbonyl (C=O) groups is 2. The van der Waals surface area contributed by atoms with Crippen molar-refractivity contribution >= 4 is 22.7 Å². The molecular weight excluding hydrogens is 380 g/mol. The van der Waals surface area contributed by atoms with Crippen molar-refractivity contribution in [3.8, 4) is 0 Å². The molecule has 162 valence electrons. The lowest BCUT2D eigenvalue weighted by molar-refractivity contribution is -0.135. The van der Waals surface area contributed by atoms with E-state index in [1.807, 2.05) is 28.1 Å². The molecule has 0 aliphatic carbocycles. The van der Waals surface area contributed by atoms with Gasteiger partial charge in [-0.15, -0.1) is 0 Å². The molecule has 7 nitrogen and oxygen atoms in total. The second-order valence-electron chi connectivity index (χ2n) is 9.14. The number of para-hydroxylation sites is 1. The van der Waals surface area contributed by atoms with Crippen molar-refractivity contribution in [1.29, 1.82) is 0 Å². The lowest BCUT2D eigenvalue weighted by Crippen LogP contribution is -2.44. The molecule has 3 heterocycles. The van der Waals surface area contributed by atoms with Crippen molar-refractivity contribution < 1.29 is 14.3 Å². The largest absolute Gasteiger partial charge is 0.375 e. The molecule has 0 radical (unpaired) electrons. The number of H-pyrrole nitrogens is 1. The fraction of sp³-hybridized carbons (Fsp3) is 0.565. The topological polar surface area (TPSA) is 68.9 Å². The van der Waals surface area contributed by atoms with E-state index >= 15 is 0 Å². The molecule has 0 saturated carbocycles. The zero-order chi connectivity index (χ0) is 21.3. The summed E-state index contributed by atoms with van der Waals surface area (Å²) in [5, 5.41) is 1.19. The summed E-state index contributed by atoms with van der Waals surface area (Å²) in [7, 11) is 5.68. The number of aromatic amines is 1. The SMILES string of the molecule is COCC(=O)N1C[C@@H]2CN(C(=O)CCc3c[nH]c4ccccc34)C[C@]2(CN(C)C)C1. The van der Waals surface area contributed by atoms with Gasteiger partial charge in [0.05, 0.1) is 0 Å². The third-order valence-corrected chi connectivity index (χ3v) is 6.65. The molecule has 1 aromatic carbocycles. The predicted octanol–water partition coefficient (Wildman–Crippen LogP) is 1.60. The molecule has 7 heteroatoms. The minimum absolute atomic E-state index is 0.0437. The Morgan fingerprint density at radius 3 is 2.57 bits per heavy atom. The Kier molecular flexibility index (Phi) is 5.84. The van der Waals surface area contributed by atoms with Gasteiger partial charge < -0.3 is 24.4 Å². The number of fused-ring (bicyclic) bond motifs is 2. The highest BCUT2D eigenvalue weighted by molar-refractivity contribution is 5.84. The van der Waals surface area contributed by atoms with Crippen LogP contribution in [0.5, 0.6) is 0 Å². The molecule has 1 aromatic heterocycles. The van der Waals surface area contributed by atoms with Crippen LogP contribution in [0, 0.1) is 11.3 Å². The van der Waals surface area contributed by atoms with Crippen LogP contribution >= 0.6 is 0 Å². The van der Waals surface area contributed by atoms with Gasteiger partial charge in [-0.05, 0) is 32.1 Å². The van der Waals surface area contributed by atoms with E-state index in [1.54, 1.807) is 7.11 Å². The Labute approximate surface area is 178 Å². The van der Waals surface area contributed by atoms with E-state index in [-0.39, 0.29) is 23.8 Å². The Balaban J connectivity index is 1.41. The van der Waals surface area contributed by atoms with Gasteiger partial charge in [-0.2, -0.15) is 0 Å². The molecule has 0 spiro atoms. The van der Waals surface area contributed by atoms with E-state index in [1.165, 1.54) is 10.9 Å². The summed E-state index contributed by atoms with van der Waals surface area (Å²) < 4.78 is 5.04. The highest BCUT2D eigenvalue weighted by Gasteiger charge is 2.54. The van der Waals surface area contributed by atoms with E-state index in [9.17, 15) is 9.59 Å². The second kappa shape index (κ2) is 8.40. The maximum atomic E-state index is 13.1. The zero-order valence-electron chi connectivity index (χ0n) is 18.2. The van der Waals surface area contributed by atoms with E-state index in [2.05, 4.69) is 36.1 Å². The number of hydrogen-bond donors (Lipinski definition) is 1. The predicted molar refractivity (Wildman–Crippen MR) is 116 cm³/mol. The first-order chi connectivity index (χ1) is 14.4. The monoisotopic (exact) mass is 412 g/mol. The van der Waals surface area contributed by atoms with Crippen molar-refractivity contribution in [2.45, 2.75) is 12.8 Å². The van der Waals surface area contributed by atoms with Gasteiger partial charge in [-0.1, -0.05) is 18.2 Å². The number of ether oxygens (including phenoxy) is 1. The van der Waals surface area contributed by atoms with Gasteiger partial charge in [-0.25, -0.2) is 0 Å². The molecule has 2 atom stereocenters. The highest BCUT2D eigenvalue weighted by Crippen LogP contribution is 2.43. The maximum Gasteiger partial charge on any atom is 0.248 e. The van der Waals surface area contributed by atoms with Crippen LogP contribution in [-0.2, 0) is 20.7 Å². The van der Waals surface area contributed by atoms with Gasteiger partial charge in [0.2, 0.25) is 11.8 Å². The van der Waals surface area contributed by atoms with Crippen molar-refractivity contribution in [3.63, 3.8) is 0 Å². The minimum atomic E-state index is -0.0522. The lowest BCUT2D eigenvalue weighted by atomic mass is 9.80. The van der Waals surface area contributed by atoms with Crippen LogP contribution in [0.4, 0.5) is 0 Å². The van der Waals surface area contributed by atoms with E-state index in [0.29, 0.717) is 25.4 Å². The number of rotatable bonds is 7. The van der Waals surface area contributed by atoms with Gasteiger partial charge in [0.1, 0.15) is 6.61 Å². The smallest absolute Gasteiger partial charge is 0.248 e. The van der Waals surface area contributed by atoms with Crippen LogP contribution < -0.4 is 0 Å². The summed E-state index contributed by atoms with van der Waals surface area (Å²) in [5.41, 5.74) is 2.25. The van der Waals surface area contributed by atoms with E-state index < -0.39 is 0 Å². The second-order valence-corrected chi connectivity index (χ2v) is 9.14. The first-order valence-electron chi connectivity index (χ1n) is 10.7. The van der Waals surface area contributed by atoms with Crippen molar-refractivity contribution in [2.75, 3.05) is 60.5 Å². The molecule has 2 aromatic rings. The molecule has 2 saturated heterocycles. The number of methoxy groups -OCH3 is 1. The van der Waals surface area contributed by atoms with Gasteiger partial charge in [0, 0.05) is 74.7 Å². The number of aromatic nitrogens is 1. The number of hydrogen-bond acceptors (Lipinski definition) is 4. The fourth-order valence-electron chi connectivity index (χ4n) is 5.37. The molecule has 2 aliphatic heterocycles. The fourth-order valence-corrected chi connectivity index (χ4v) is 5.37. The molecule has 1 N–H and O–H groups in total. The van der Waals surface area contributed by atoms with Crippen LogP contribution in [0.3, 0.4) is 0 Å². The van der Waals surface area contributed by atoms with E-state index in [0.717, 1.165) is 31.6 Å². The van der Waals surface area contributed by atoms with Gasteiger partial charge in [0.15, 0.2) is 0 Å².